The monoisotopic (exact) mass is 361 g/mol. The van der Waals surface area contributed by atoms with E-state index in [2.05, 4.69) is 15.6 Å². The van der Waals surface area contributed by atoms with Crippen molar-refractivity contribution < 1.29 is 14.3 Å². The summed E-state index contributed by atoms with van der Waals surface area (Å²) < 4.78 is 5.13. The molecule has 0 saturated heterocycles. The summed E-state index contributed by atoms with van der Waals surface area (Å²) in [6, 6.07) is 0.0920. The van der Waals surface area contributed by atoms with Gasteiger partial charge in [0.1, 0.15) is 11.4 Å². The summed E-state index contributed by atoms with van der Waals surface area (Å²) in [4.78, 5) is 27.9. The van der Waals surface area contributed by atoms with Gasteiger partial charge in [-0.2, -0.15) is 0 Å². The van der Waals surface area contributed by atoms with E-state index in [4.69, 9.17) is 15.9 Å². The first-order valence-corrected chi connectivity index (χ1v) is 9.02. The average molecular weight is 361 g/mol. The fraction of sp³-hybridized carbons (Fsp3) is 0.556. The lowest BCUT2D eigenvalue weighted by molar-refractivity contribution is -0.122. The van der Waals surface area contributed by atoms with Crippen molar-refractivity contribution in [2.45, 2.75) is 45.6 Å². The largest absolute Gasteiger partial charge is 0.462 e. The Morgan fingerprint density at radius 1 is 1.35 bits per heavy atom. The third-order valence-corrected chi connectivity index (χ3v) is 4.58. The molecule has 1 aromatic heterocycles. The Hall–Kier alpha value is -2.64. The number of amides is 1. The molecule has 1 aliphatic carbocycles. The van der Waals surface area contributed by atoms with Crippen LogP contribution in [0.15, 0.2) is 6.20 Å². The fourth-order valence-corrected chi connectivity index (χ4v) is 3.22. The number of nitrogens with zero attached hydrogens (tertiary/aromatic N) is 1. The molecular weight excluding hydrogens is 334 g/mol. The van der Waals surface area contributed by atoms with Crippen LogP contribution in [0.25, 0.3) is 0 Å². The second kappa shape index (κ2) is 9.17. The highest BCUT2D eigenvalue weighted by molar-refractivity contribution is 6.03. The molecule has 0 aliphatic heterocycles. The summed E-state index contributed by atoms with van der Waals surface area (Å²) in [7, 11) is 0. The number of carbonyl (C=O) groups excluding carboxylic acids is 2. The number of hydrogen-bond acceptors (Lipinski definition) is 7. The van der Waals surface area contributed by atoms with Gasteiger partial charge in [-0.15, -0.1) is 0 Å². The van der Waals surface area contributed by atoms with Gasteiger partial charge in [0.25, 0.3) is 0 Å². The molecular formula is C18H27N5O3. The van der Waals surface area contributed by atoms with Crippen LogP contribution in [0.4, 0.5) is 11.5 Å². The Balaban J connectivity index is 2.31. The Morgan fingerprint density at radius 2 is 2.04 bits per heavy atom. The highest BCUT2D eigenvalue weighted by Gasteiger charge is 2.27. The minimum atomic E-state index is -0.473. The van der Waals surface area contributed by atoms with Crippen LogP contribution in [0.3, 0.4) is 0 Å². The minimum Gasteiger partial charge on any atom is -0.462 e. The lowest BCUT2D eigenvalue weighted by Gasteiger charge is -2.29. The molecule has 0 unspecified atom stereocenters. The van der Waals surface area contributed by atoms with Crippen molar-refractivity contribution in [3.05, 3.63) is 17.3 Å². The quantitative estimate of drug-likeness (QED) is 0.414. The molecule has 0 spiro atoms. The highest BCUT2D eigenvalue weighted by atomic mass is 16.5. The number of nitrogens with one attached hydrogen (secondary N) is 3. The predicted octanol–water partition coefficient (Wildman–Crippen LogP) is 2.14. The van der Waals surface area contributed by atoms with Gasteiger partial charge in [-0.05, 0) is 39.5 Å². The van der Waals surface area contributed by atoms with Gasteiger partial charge in [-0.1, -0.05) is 0 Å². The van der Waals surface area contributed by atoms with Crippen molar-refractivity contribution >= 4 is 29.6 Å². The molecule has 5 N–H and O–H groups in total. The highest BCUT2D eigenvalue weighted by Crippen LogP contribution is 2.31. The second-order valence-electron chi connectivity index (χ2n) is 6.30. The average Bonchev–Trinajstić information content (AvgIpc) is 2.63. The normalized spacial score (nSPS) is 19.5. The zero-order chi connectivity index (χ0) is 19.1. The summed E-state index contributed by atoms with van der Waals surface area (Å²) in [5.74, 6) is -0.271. The van der Waals surface area contributed by atoms with Gasteiger partial charge in [0, 0.05) is 30.9 Å². The van der Waals surface area contributed by atoms with E-state index in [1.165, 1.54) is 12.4 Å². The van der Waals surface area contributed by atoms with Gasteiger partial charge in [0.15, 0.2) is 0 Å². The number of aromatic nitrogens is 1. The summed E-state index contributed by atoms with van der Waals surface area (Å²) in [6.45, 7) is 4.59. The van der Waals surface area contributed by atoms with E-state index < -0.39 is 5.97 Å². The molecule has 0 aromatic carbocycles. The third kappa shape index (κ3) is 4.50. The lowest BCUT2D eigenvalue weighted by Crippen LogP contribution is -2.33. The predicted molar refractivity (Wildman–Crippen MR) is 101 cm³/mol. The smallest absolute Gasteiger partial charge is 0.341 e. The van der Waals surface area contributed by atoms with E-state index in [1.807, 2.05) is 6.92 Å². The van der Waals surface area contributed by atoms with Crippen molar-refractivity contribution in [2.24, 2.45) is 11.7 Å². The SMILES string of the molecule is CCNc1ncc(C(=O)OCC)c(NC2CCC(C(N)=O)CC2)c1C=N. The first kappa shape index (κ1) is 19.7. The Labute approximate surface area is 153 Å². The fourth-order valence-electron chi connectivity index (χ4n) is 3.22. The van der Waals surface area contributed by atoms with Gasteiger partial charge >= 0.3 is 5.97 Å². The van der Waals surface area contributed by atoms with Gasteiger partial charge < -0.3 is 26.5 Å². The molecule has 1 aliphatic rings. The summed E-state index contributed by atoms with van der Waals surface area (Å²) in [5, 5.41) is 14.3. The van der Waals surface area contributed by atoms with Gasteiger partial charge in [0.2, 0.25) is 5.91 Å². The Morgan fingerprint density at radius 3 is 2.58 bits per heavy atom. The van der Waals surface area contributed by atoms with Crippen LogP contribution in [0.5, 0.6) is 0 Å². The van der Waals surface area contributed by atoms with Crippen LogP contribution in [0.1, 0.15) is 55.5 Å². The van der Waals surface area contributed by atoms with Gasteiger partial charge in [-0.3, -0.25) is 4.79 Å². The van der Waals surface area contributed by atoms with Crippen LogP contribution in [0, 0.1) is 11.3 Å². The van der Waals surface area contributed by atoms with E-state index in [0.29, 0.717) is 42.0 Å². The zero-order valence-corrected chi connectivity index (χ0v) is 15.3. The summed E-state index contributed by atoms with van der Waals surface area (Å²) in [5.41, 5.74) is 6.77. The molecule has 0 atom stereocenters. The molecule has 1 aromatic rings. The molecule has 1 heterocycles. The zero-order valence-electron chi connectivity index (χ0n) is 15.3. The molecule has 26 heavy (non-hydrogen) atoms. The van der Waals surface area contributed by atoms with Crippen molar-refractivity contribution in [3.8, 4) is 0 Å². The number of primary amides is 1. The number of pyridine rings is 1. The van der Waals surface area contributed by atoms with Gasteiger partial charge in [0.05, 0.1) is 17.9 Å². The third-order valence-electron chi connectivity index (χ3n) is 4.58. The first-order chi connectivity index (χ1) is 12.5. The number of esters is 1. The molecule has 2 rings (SSSR count). The molecule has 8 heteroatoms. The number of rotatable bonds is 8. The van der Waals surface area contributed by atoms with E-state index in [9.17, 15) is 9.59 Å². The lowest BCUT2D eigenvalue weighted by atomic mass is 9.85. The molecule has 0 radical (unpaired) electrons. The standard InChI is InChI=1S/C18H27N5O3/c1-3-21-17-13(9-19)15(14(10-22-17)18(25)26-4-2)23-12-7-5-11(6-8-12)16(20)24/h9-12,19H,3-8H2,1-2H3,(H2,20,24)(H2,21,22,23). The maximum Gasteiger partial charge on any atom is 0.341 e. The summed E-state index contributed by atoms with van der Waals surface area (Å²) in [6.07, 6.45) is 5.63. The van der Waals surface area contributed by atoms with Crippen molar-refractivity contribution in [1.82, 2.24) is 4.98 Å². The van der Waals surface area contributed by atoms with Crippen LogP contribution in [-0.4, -0.2) is 42.3 Å². The molecule has 8 nitrogen and oxygen atoms in total. The Kier molecular flexibility index (Phi) is 6.94. The van der Waals surface area contributed by atoms with E-state index in [1.54, 1.807) is 6.92 Å². The Bertz CT molecular complexity index is 669. The topological polar surface area (TPSA) is 130 Å². The van der Waals surface area contributed by atoms with Crippen LogP contribution < -0.4 is 16.4 Å². The summed E-state index contributed by atoms with van der Waals surface area (Å²) >= 11 is 0. The van der Waals surface area contributed by atoms with Gasteiger partial charge in [-0.25, -0.2) is 9.78 Å². The number of anilines is 2. The number of ether oxygens (including phenoxy) is 1. The minimum absolute atomic E-state index is 0.0884. The second-order valence-corrected chi connectivity index (χ2v) is 6.30. The number of carbonyl (C=O) groups is 2. The van der Waals surface area contributed by atoms with E-state index >= 15 is 0 Å². The number of nitrogens with two attached hydrogens (primary N) is 1. The van der Waals surface area contributed by atoms with Crippen molar-refractivity contribution in [1.29, 1.82) is 5.41 Å². The molecule has 142 valence electrons. The maximum atomic E-state index is 12.3. The molecule has 1 fully saturated rings. The van der Waals surface area contributed by atoms with Crippen LogP contribution in [0.2, 0.25) is 0 Å². The molecule has 1 saturated carbocycles. The molecule has 1 amide bonds. The molecule has 0 bridgehead atoms. The van der Waals surface area contributed by atoms with E-state index in [0.717, 1.165) is 12.8 Å². The van der Waals surface area contributed by atoms with Crippen molar-refractivity contribution in [2.75, 3.05) is 23.8 Å². The maximum absolute atomic E-state index is 12.3. The number of hydrogen-bond donors (Lipinski definition) is 4. The first-order valence-electron chi connectivity index (χ1n) is 9.02. The van der Waals surface area contributed by atoms with Crippen molar-refractivity contribution in [3.63, 3.8) is 0 Å². The van der Waals surface area contributed by atoms with E-state index in [-0.39, 0.29) is 24.5 Å². The van der Waals surface area contributed by atoms with Crippen LogP contribution in [-0.2, 0) is 9.53 Å². The van der Waals surface area contributed by atoms with Crippen LogP contribution >= 0.6 is 0 Å².